The van der Waals surface area contributed by atoms with E-state index in [9.17, 15) is 19.4 Å². The molecule has 0 rings (SSSR count). The Labute approximate surface area is 408 Å². The molecule has 0 spiro atoms. The number of nitrogens with one attached hydrogen (secondary N) is 1. The van der Waals surface area contributed by atoms with Crippen molar-refractivity contribution >= 4 is 13.7 Å². The minimum absolute atomic E-state index is 0.0626. The Kier molecular flexibility index (Phi) is 46.5. The number of quaternary nitrogens is 1. The summed E-state index contributed by atoms with van der Waals surface area (Å²) in [6.07, 6.45) is 65.2. The number of carbonyl (C=O) groups is 1. The highest BCUT2D eigenvalue weighted by atomic mass is 31.2. The van der Waals surface area contributed by atoms with E-state index in [0.717, 1.165) is 70.6 Å². The van der Waals surface area contributed by atoms with Crippen LogP contribution in [0.4, 0.5) is 0 Å². The highest BCUT2D eigenvalue weighted by molar-refractivity contribution is 7.47. The second-order valence-electron chi connectivity index (χ2n) is 19.6. The number of hydrogen-bond donors (Lipinski definition) is 3. The maximum absolute atomic E-state index is 13.0. The summed E-state index contributed by atoms with van der Waals surface area (Å²) >= 11 is 0. The third-order valence-electron chi connectivity index (χ3n) is 12.0. The van der Waals surface area contributed by atoms with Crippen LogP contribution in [0.3, 0.4) is 0 Å². The molecule has 0 aliphatic rings. The largest absolute Gasteiger partial charge is 0.472 e. The fourth-order valence-electron chi connectivity index (χ4n) is 7.70. The summed E-state index contributed by atoms with van der Waals surface area (Å²) < 4.78 is 23.7. The predicted octanol–water partition coefficient (Wildman–Crippen LogP) is 16.3. The molecule has 0 aromatic heterocycles. The molecule has 1 amide bonds. The van der Waals surface area contributed by atoms with E-state index in [0.29, 0.717) is 30.3 Å². The lowest BCUT2D eigenvalue weighted by Crippen LogP contribution is -2.46. The maximum atomic E-state index is 13.0. The normalized spacial score (nSPS) is 14.6. The first-order valence-corrected chi connectivity index (χ1v) is 28.8. The Bertz CT molecular complexity index is 1300. The summed E-state index contributed by atoms with van der Waals surface area (Å²) in [5.74, 6) is -0.187. The van der Waals surface area contributed by atoms with Crippen LogP contribution >= 0.6 is 7.82 Å². The second kappa shape index (κ2) is 48.0. The number of amides is 1. The van der Waals surface area contributed by atoms with Crippen LogP contribution in [-0.4, -0.2) is 73.4 Å². The van der Waals surface area contributed by atoms with Crippen molar-refractivity contribution in [2.24, 2.45) is 0 Å². The minimum Gasteiger partial charge on any atom is -0.391 e. The van der Waals surface area contributed by atoms with Crippen molar-refractivity contribution in [2.75, 3.05) is 40.9 Å². The molecule has 66 heavy (non-hydrogen) atoms. The Balaban J connectivity index is 4.31. The summed E-state index contributed by atoms with van der Waals surface area (Å²) in [7, 11) is 1.58. The highest BCUT2D eigenvalue weighted by Gasteiger charge is 2.28. The van der Waals surface area contributed by atoms with Crippen LogP contribution in [0.5, 0.6) is 0 Å². The number of aliphatic hydroxyl groups is 1. The van der Waals surface area contributed by atoms with E-state index in [1.54, 1.807) is 0 Å². The number of unbranched alkanes of at least 4 members (excludes halogenated alkanes) is 24. The highest BCUT2D eigenvalue weighted by Crippen LogP contribution is 2.43. The summed E-state index contributed by atoms with van der Waals surface area (Å²) in [4.78, 5) is 23.3. The van der Waals surface area contributed by atoms with Crippen molar-refractivity contribution in [3.63, 3.8) is 0 Å². The van der Waals surface area contributed by atoms with Gasteiger partial charge in [0.1, 0.15) is 13.2 Å². The molecule has 3 unspecified atom stereocenters. The smallest absolute Gasteiger partial charge is 0.391 e. The molecule has 9 heteroatoms. The first-order chi connectivity index (χ1) is 32.0. The topological polar surface area (TPSA) is 105 Å². The fraction of sp³-hybridized carbons (Fsp3) is 0.772. The number of rotatable bonds is 49. The zero-order valence-electron chi connectivity index (χ0n) is 43.7. The number of nitrogens with zero attached hydrogens (tertiary/aromatic N) is 1. The number of likely N-dealkylation sites (N-methyl/N-ethyl adjacent to an activating group) is 1. The van der Waals surface area contributed by atoms with Crippen LogP contribution < -0.4 is 5.32 Å². The molecule has 0 fully saturated rings. The van der Waals surface area contributed by atoms with Crippen LogP contribution in [0.1, 0.15) is 232 Å². The van der Waals surface area contributed by atoms with Crippen molar-refractivity contribution in [3.8, 4) is 0 Å². The maximum Gasteiger partial charge on any atom is 0.472 e. The molecule has 384 valence electrons. The standard InChI is InChI=1S/C57H105N2O6P/c1-6-8-10-12-14-16-18-20-22-24-26-28-29-31-32-34-36-38-40-42-44-46-48-50-56(60)55(54-65-66(62,63)64-53-52-59(3,4)5)58-57(61)51-49-47-45-43-41-39-37-35-33-30-27-25-23-21-19-17-15-13-11-9-7-2/h9,11,15,17,21,23,27,30,35,37,41,43,55-56,60H,6-8,10,12-14,16,18-20,22,24-26,28-29,31-34,36,38-40,42,44-54H2,1-5H3,(H-,58,61,62,63)/p+1/b11-9-,17-15-,23-21-,30-27-,37-35-,43-41-. The zero-order chi connectivity index (χ0) is 48.5. The van der Waals surface area contributed by atoms with Crippen molar-refractivity contribution in [1.29, 1.82) is 0 Å². The number of phosphoric ester groups is 1. The molecule has 3 N–H and O–H groups in total. The molecule has 0 saturated carbocycles. The molecule has 0 aliphatic carbocycles. The molecular formula is C57H106N2O6P+. The third kappa shape index (κ3) is 49.8. The van der Waals surface area contributed by atoms with E-state index in [4.69, 9.17) is 9.05 Å². The lowest BCUT2D eigenvalue weighted by molar-refractivity contribution is -0.870. The van der Waals surface area contributed by atoms with Crippen molar-refractivity contribution in [2.45, 2.75) is 244 Å². The van der Waals surface area contributed by atoms with Crippen LogP contribution in [-0.2, 0) is 18.4 Å². The summed E-state index contributed by atoms with van der Waals surface area (Å²) in [5.41, 5.74) is 0. The van der Waals surface area contributed by atoms with Crippen LogP contribution in [0.15, 0.2) is 72.9 Å². The summed E-state index contributed by atoms with van der Waals surface area (Å²) in [5, 5.41) is 14.0. The molecule has 0 aromatic carbocycles. The van der Waals surface area contributed by atoms with Gasteiger partial charge in [0.25, 0.3) is 0 Å². The molecule has 3 atom stereocenters. The van der Waals surface area contributed by atoms with Crippen LogP contribution in [0, 0.1) is 0 Å². The molecule has 0 saturated heterocycles. The van der Waals surface area contributed by atoms with Gasteiger partial charge < -0.3 is 19.8 Å². The van der Waals surface area contributed by atoms with Gasteiger partial charge in [-0.05, 0) is 64.2 Å². The van der Waals surface area contributed by atoms with E-state index >= 15 is 0 Å². The van der Waals surface area contributed by atoms with Gasteiger partial charge in [-0.2, -0.15) is 0 Å². The number of hydrogen-bond acceptors (Lipinski definition) is 5. The summed E-state index contributed by atoms with van der Waals surface area (Å²) in [6, 6.07) is -0.789. The minimum atomic E-state index is -4.34. The van der Waals surface area contributed by atoms with Gasteiger partial charge in [-0.25, -0.2) is 4.57 Å². The van der Waals surface area contributed by atoms with E-state index in [-0.39, 0.29) is 19.1 Å². The van der Waals surface area contributed by atoms with Gasteiger partial charge in [0.2, 0.25) is 5.91 Å². The molecule has 0 radical (unpaired) electrons. The summed E-state index contributed by atoms with van der Waals surface area (Å²) in [6.45, 7) is 4.75. The van der Waals surface area contributed by atoms with E-state index < -0.39 is 20.0 Å². The quantitative estimate of drug-likeness (QED) is 0.0243. The second-order valence-corrected chi connectivity index (χ2v) is 21.0. The molecular weight excluding hydrogens is 840 g/mol. The SMILES string of the molecule is CC/C=C\C/C=C\C/C=C\C/C=C\C/C=C\C/C=C\CCCCC(=O)NC(COP(=O)(O)OCC[N+](C)(C)C)C(O)CCCCCCCCCCCCCCCCCCCCCCCCC. The molecule has 0 heterocycles. The van der Waals surface area contributed by atoms with Gasteiger partial charge in [0.15, 0.2) is 0 Å². The Morgan fingerprint density at radius 1 is 0.530 bits per heavy atom. The van der Waals surface area contributed by atoms with Crippen LogP contribution in [0.2, 0.25) is 0 Å². The number of carbonyl (C=O) groups excluding carboxylic acids is 1. The Hall–Kier alpha value is -2.06. The van der Waals surface area contributed by atoms with Crippen LogP contribution in [0.25, 0.3) is 0 Å². The lowest BCUT2D eigenvalue weighted by Gasteiger charge is -2.26. The lowest BCUT2D eigenvalue weighted by atomic mass is 10.0. The first kappa shape index (κ1) is 63.9. The van der Waals surface area contributed by atoms with Gasteiger partial charge in [-0.1, -0.05) is 234 Å². The predicted molar refractivity (Wildman–Crippen MR) is 286 cm³/mol. The van der Waals surface area contributed by atoms with Gasteiger partial charge in [-0.15, -0.1) is 0 Å². The van der Waals surface area contributed by atoms with Gasteiger partial charge in [0.05, 0.1) is 39.9 Å². The van der Waals surface area contributed by atoms with E-state index in [1.807, 2.05) is 21.1 Å². The average Bonchev–Trinajstić information content (AvgIpc) is 3.28. The van der Waals surface area contributed by atoms with Gasteiger partial charge >= 0.3 is 7.82 Å². The Morgan fingerprint density at radius 3 is 1.30 bits per heavy atom. The first-order valence-electron chi connectivity index (χ1n) is 27.3. The van der Waals surface area contributed by atoms with Gasteiger partial charge in [0, 0.05) is 6.42 Å². The average molecular weight is 946 g/mol. The van der Waals surface area contributed by atoms with E-state index in [1.165, 1.54) is 128 Å². The zero-order valence-corrected chi connectivity index (χ0v) is 44.6. The number of allylic oxidation sites excluding steroid dienone is 12. The monoisotopic (exact) mass is 946 g/mol. The molecule has 0 bridgehead atoms. The third-order valence-corrected chi connectivity index (χ3v) is 13.0. The van der Waals surface area contributed by atoms with Crippen molar-refractivity contribution in [1.82, 2.24) is 5.32 Å². The molecule has 0 aliphatic heterocycles. The molecule has 8 nitrogen and oxygen atoms in total. The number of phosphoric acid groups is 1. The van der Waals surface area contributed by atoms with Crippen molar-refractivity contribution < 1.29 is 32.9 Å². The number of aliphatic hydroxyl groups excluding tert-OH is 1. The van der Waals surface area contributed by atoms with E-state index in [2.05, 4.69) is 92.1 Å². The molecule has 0 aromatic rings. The van der Waals surface area contributed by atoms with Gasteiger partial charge in [-0.3, -0.25) is 13.8 Å². The Morgan fingerprint density at radius 2 is 0.909 bits per heavy atom. The van der Waals surface area contributed by atoms with Crippen molar-refractivity contribution in [3.05, 3.63) is 72.9 Å². The fourth-order valence-corrected chi connectivity index (χ4v) is 8.43.